The van der Waals surface area contributed by atoms with E-state index in [1.807, 2.05) is 0 Å². The van der Waals surface area contributed by atoms with Crippen LogP contribution in [0.3, 0.4) is 0 Å². The second-order valence-electron chi connectivity index (χ2n) is 8.80. The van der Waals surface area contributed by atoms with Crippen molar-refractivity contribution in [3.8, 4) is 17.2 Å². The number of para-hydroxylation sites is 3. The lowest BCUT2D eigenvalue weighted by Gasteiger charge is -2.33. The molecule has 3 heteroatoms. The van der Waals surface area contributed by atoms with Gasteiger partial charge in [0.2, 0.25) is 0 Å². The molecule has 0 unspecified atom stereocenters. The van der Waals surface area contributed by atoms with Gasteiger partial charge >= 0.3 is 0 Å². The van der Waals surface area contributed by atoms with Crippen molar-refractivity contribution in [2.75, 3.05) is 0 Å². The highest BCUT2D eigenvalue weighted by Gasteiger charge is 2.40. The van der Waals surface area contributed by atoms with Gasteiger partial charge in [-0.1, -0.05) is 67.9 Å². The van der Waals surface area contributed by atoms with Crippen molar-refractivity contribution >= 4 is 44.9 Å². The zero-order valence-electron chi connectivity index (χ0n) is 17.6. The van der Waals surface area contributed by atoms with Gasteiger partial charge < -0.3 is 9.30 Å². The standard InChI is InChI=1S/C28H22BNO/c1-2-3-9-18-16-24-27-26(17-18)31-25-15-7-5-12-21(25)29(27)22-13-8-11-20-19-10-4-6-14-23(19)30(24)28(20)22/h4-8,10-17H,2-3,9H2,1H3. The van der Waals surface area contributed by atoms with Gasteiger partial charge in [0.15, 0.2) is 0 Å². The van der Waals surface area contributed by atoms with Gasteiger partial charge in [-0.15, -0.1) is 0 Å². The number of hydrogen-bond acceptors (Lipinski definition) is 1. The SMILES string of the molecule is CCCCc1cc2c3c(c1)-n1c4ccccc4c4cccc(c41)B3c1ccccc1O2. The van der Waals surface area contributed by atoms with Crippen LogP contribution in [0, 0.1) is 0 Å². The van der Waals surface area contributed by atoms with Gasteiger partial charge in [-0.2, -0.15) is 0 Å². The van der Waals surface area contributed by atoms with E-state index in [2.05, 4.69) is 90.4 Å². The van der Waals surface area contributed by atoms with E-state index in [0.29, 0.717) is 0 Å². The maximum Gasteiger partial charge on any atom is 0.256 e. The number of nitrogens with zero attached hydrogens (tertiary/aromatic N) is 1. The van der Waals surface area contributed by atoms with Gasteiger partial charge in [-0.05, 0) is 59.1 Å². The van der Waals surface area contributed by atoms with E-state index in [4.69, 9.17) is 4.74 Å². The van der Waals surface area contributed by atoms with Crippen LogP contribution in [0.4, 0.5) is 0 Å². The number of aryl methyl sites for hydroxylation is 1. The Morgan fingerprint density at radius 1 is 0.806 bits per heavy atom. The monoisotopic (exact) mass is 399 g/mol. The van der Waals surface area contributed by atoms with Gasteiger partial charge in [-0.3, -0.25) is 0 Å². The molecule has 2 nitrogen and oxygen atoms in total. The summed E-state index contributed by atoms with van der Waals surface area (Å²) in [5.41, 5.74) is 9.21. The summed E-state index contributed by atoms with van der Waals surface area (Å²) >= 11 is 0. The van der Waals surface area contributed by atoms with Gasteiger partial charge in [0.1, 0.15) is 11.5 Å². The average molecular weight is 399 g/mol. The van der Waals surface area contributed by atoms with E-state index < -0.39 is 0 Å². The molecule has 0 radical (unpaired) electrons. The normalized spacial score (nSPS) is 13.3. The molecule has 31 heavy (non-hydrogen) atoms. The molecular weight excluding hydrogens is 377 g/mol. The molecule has 0 amide bonds. The van der Waals surface area contributed by atoms with Crippen LogP contribution in [0.1, 0.15) is 25.3 Å². The molecule has 7 rings (SSSR count). The van der Waals surface area contributed by atoms with E-state index in [1.165, 1.54) is 62.3 Å². The minimum absolute atomic E-state index is 0.204. The lowest BCUT2D eigenvalue weighted by atomic mass is 9.34. The first-order valence-electron chi connectivity index (χ1n) is 11.3. The molecule has 2 aliphatic heterocycles. The van der Waals surface area contributed by atoms with Crippen molar-refractivity contribution in [3.63, 3.8) is 0 Å². The first-order chi connectivity index (χ1) is 15.3. The number of fused-ring (bicyclic) bond motifs is 7. The Morgan fingerprint density at radius 3 is 2.55 bits per heavy atom. The quantitative estimate of drug-likeness (QED) is 0.379. The van der Waals surface area contributed by atoms with E-state index in [-0.39, 0.29) is 6.71 Å². The van der Waals surface area contributed by atoms with Crippen LogP contribution in [-0.2, 0) is 6.42 Å². The highest BCUT2D eigenvalue weighted by atomic mass is 16.5. The molecule has 1 aromatic heterocycles. The summed E-state index contributed by atoms with van der Waals surface area (Å²) in [4.78, 5) is 0. The van der Waals surface area contributed by atoms with Gasteiger partial charge in [0.05, 0.1) is 5.52 Å². The van der Waals surface area contributed by atoms with Crippen molar-refractivity contribution in [1.82, 2.24) is 4.57 Å². The lowest BCUT2D eigenvalue weighted by Crippen LogP contribution is -2.58. The zero-order chi connectivity index (χ0) is 20.5. The van der Waals surface area contributed by atoms with Crippen molar-refractivity contribution in [2.24, 2.45) is 0 Å². The Bertz CT molecular complexity index is 1510. The van der Waals surface area contributed by atoms with Crippen molar-refractivity contribution in [2.45, 2.75) is 26.2 Å². The Balaban J connectivity index is 1.66. The van der Waals surface area contributed by atoms with Gasteiger partial charge in [0.25, 0.3) is 6.71 Å². The second-order valence-corrected chi connectivity index (χ2v) is 8.80. The predicted octanol–water partition coefficient (Wildman–Crippen LogP) is 5.06. The largest absolute Gasteiger partial charge is 0.458 e. The number of benzene rings is 4. The van der Waals surface area contributed by atoms with Crippen LogP contribution in [0.5, 0.6) is 11.5 Å². The Morgan fingerprint density at radius 2 is 1.61 bits per heavy atom. The molecule has 4 aromatic carbocycles. The van der Waals surface area contributed by atoms with Crippen LogP contribution in [0.15, 0.2) is 78.9 Å². The van der Waals surface area contributed by atoms with Crippen molar-refractivity contribution in [1.29, 1.82) is 0 Å². The fourth-order valence-electron chi connectivity index (χ4n) is 5.69. The van der Waals surface area contributed by atoms with Crippen LogP contribution < -0.4 is 21.1 Å². The van der Waals surface area contributed by atoms with E-state index in [1.54, 1.807) is 0 Å². The zero-order valence-corrected chi connectivity index (χ0v) is 17.6. The summed E-state index contributed by atoms with van der Waals surface area (Å²) in [6, 6.07) is 28.9. The Hall–Kier alpha value is -3.46. The summed E-state index contributed by atoms with van der Waals surface area (Å²) in [6.07, 6.45) is 3.46. The minimum atomic E-state index is 0.204. The van der Waals surface area contributed by atoms with Crippen LogP contribution in [0.25, 0.3) is 27.5 Å². The summed E-state index contributed by atoms with van der Waals surface area (Å²) in [6.45, 7) is 2.46. The maximum atomic E-state index is 6.53. The lowest BCUT2D eigenvalue weighted by molar-refractivity contribution is 0.486. The molecule has 5 aromatic rings. The third-order valence-corrected chi connectivity index (χ3v) is 7.02. The van der Waals surface area contributed by atoms with E-state index >= 15 is 0 Å². The maximum absolute atomic E-state index is 6.53. The average Bonchev–Trinajstić information content (AvgIpc) is 3.15. The molecule has 0 fully saturated rings. The number of unbranched alkanes of at least 4 members (excludes halogenated alkanes) is 1. The molecule has 148 valence electrons. The molecular formula is C28H22BNO. The molecule has 0 aliphatic carbocycles. The van der Waals surface area contributed by atoms with E-state index in [0.717, 1.165) is 17.9 Å². The summed E-state index contributed by atoms with van der Waals surface area (Å²) in [7, 11) is 0. The molecule has 0 spiro atoms. The number of rotatable bonds is 3. The first kappa shape index (κ1) is 17.2. The van der Waals surface area contributed by atoms with E-state index in [9.17, 15) is 0 Å². The molecule has 0 atom stereocenters. The highest BCUT2D eigenvalue weighted by molar-refractivity contribution is 6.99. The Kier molecular flexibility index (Phi) is 3.49. The van der Waals surface area contributed by atoms with Crippen LogP contribution in [0.2, 0.25) is 0 Å². The topological polar surface area (TPSA) is 14.2 Å². The Labute approximate surface area is 182 Å². The third kappa shape index (κ3) is 2.24. The smallest absolute Gasteiger partial charge is 0.256 e. The number of ether oxygens (including phenoxy) is 1. The molecule has 0 saturated heterocycles. The number of hydrogen-bond donors (Lipinski definition) is 0. The van der Waals surface area contributed by atoms with Crippen LogP contribution >= 0.6 is 0 Å². The summed E-state index contributed by atoms with van der Waals surface area (Å²) in [5.74, 6) is 2.01. The fourth-order valence-corrected chi connectivity index (χ4v) is 5.69. The predicted molar refractivity (Wildman–Crippen MR) is 131 cm³/mol. The minimum Gasteiger partial charge on any atom is -0.458 e. The number of aromatic nitrogens is 1. The highest BCUT2D eigenvalue weighted by Crippen LogP contribution is 2.37. The molecule has 0 saturated carbocycles. The summed E-state index contributed by atoms with van der Waals surface area (Å²) < 4.78 is 9.02. The third-order valence-electron chi connectivity index (χ3n) is 7.02. The first-order valence-corrected chi connectivity index (χ1v) is 11.3. The van der Waals surface area contributed by atoms with Gasteiger partial charge in [0, 0.05) is 22.0 Å². The summed E-state index contributed by atoms with van der Waals surface area (Å²) in [5, 5.41) is 2.66. The van der Waals surface area contributed by atoms with Crippen molar-refractivity contribution in [3.05, 3.63) is 84.4 Å². The van der Waals surface area contributed by atoms with Crippen LogP contribution in [-0.4, -0.2) is 11.3 Å². The molecule has 0 N–H and O–H groups in total. The van der Waals surface area contributed by atoms with Crippen molar-refractivity contribution < 1.29 is 4.74 Å². The molecule has 0 bridgehead atoms. The molecule has 3 heterocycles. The molecule has 2 aliphatic rings. The fraction of sp³-hybridized carbons (Fsp3) is 0.143. The van der Waals surface area contributed by atoms with Gasteiger partial charge in [-0.25, -0.2) is 0 Å². The second kappa shape index (κ2) is 6.27.